The predicted octanol–water partition coefficient (Wildman–Crippen LogP) is 1.49. The molecule has 0 spiro atoms. The first-order valence-electron chi connectivity index (χ1n) is 5.60. The van der Waals surface area contributed by atoms with Crippen molar-refractivity contribution in [2.45, 2.75) is 57.7 Å². The Morgan fingerprint density at radius 1 is 1.43 bits per heavy atom. The first kappa shape index (κ1) is 11.5. The van der Waals surface area contributed by atoms with E-state index >= 15 is 0 Å². The van der Waals surface area contributed by atoms with E-state index in [0.29, 0.717) is 12.1 Å². The van der Waals surface area contributed by atoms with Crippen LogP contribution in [0, 0.1) is 11.3 Å². The molecule has 0 aromatic heterocycles. The van der Waals surface area contributed by atoms with Crippen LogP contribution in [0.4, 0.5) is 0 Å². The van der Waals surface area contributed by atoms with Gasteiger partial charge in [0.1, 0.15) is 0 Å². The van der Waals surface area contributed by atoms with Gasteiger partial charge >= 0.3 is 0 Å². The lowest BCUT2D eigenvalue weighted by molar-refractivity contribution is 0.138. The highest BCUT2D eigenvalue weighted by atomic mass is 15.2. The normalized spacial score (nSPS) is 29.9. The molecule has 0 aliphatic heterocycles. The van der Waals surface area contributed by atoms with Gasteiger partial charge in [-0.3, -0.25) is 4.90 Å². The Kier molecular flexibility index (Phi) is 4.37. The Morgan fingerprint density at radius 3 is 2.43 bits per heavy atom. The molecule has 0 aromatic rings. The molecule has 1 fully saturated rings. The van der Waals surface area contributed by atoms with Crippen LogP contribution in [0.25, 0.3) is 0 Å². The first-order valence-corrected chi connectivity index (χ1v) is 5.60. The molecule has 1 aliphatic carbocycles. The molecule has 1 unspecified atom stereocenters. The van der Waals surface area contributed by atoms with Gasteiger partial charge in [0.05, 0.1) is 12.1 Å². The standard InChI is InChI=1S/C11H21N3/c1-3-14(9(2)8-12)11-6-4-10(13)5-7-11/h9-11H,3-7,13H2,1-2H3. The number of nitrogens with two attached hydrogens (primary N) is 1. The van der Waals surface area contributed by atoms with Crippen molar-refractivity contribution in [1.29, 1.82) is 5.26 Å². The maximum atomic E-state index is 8.90. The molecule has 80 valence electrons. The number of hydrogen-bond acceptors (Lipinski definition) is 3. The van der Waals surface area contributed by atoms with E-state index in [1.54, 1.807) is 0 Å². The fourth-order valence-electron chi connectivity index (χ4n) is 2.36. The summed E-state index contributed by atoms with van der Waals surface area (Å²) in [4.78, 5) is 2.30. The molecule has 2 N–H and O–H groups in total. The van der Waals surface area contributed by atoms with Crippen LogP contribution >= 0.6 is 0 Å². The summed E-state index contributed by atoms with van der Waals surface area (Å²) in [6.07, 6.45) is 4.53. The second kappa shape index (κ2) is 5.33. The molecule has 3 heteroatoms. The molecule has 14 heavy (non-hydrogen) atoms. The minimum atomic E-state index is 0.0410. The van der Waals surface area contributed by atoms with Crippen molar-refractivity contribution < 1.29 is 0 Å². The molecule has 0 aromatic carbocycles. The van der Waals surface area contributed by atoms with E-state index in [4.69, 9.17) is 11.0 Å². The highest BCUT2D eigenvalue weighted by Gasteiger charge is 2.26. The largest absolute Gasteiger partial charge is 0.328 e. The van der Waals surface area contributed by atoms with Gasteiger partial charge in [-0.1, -0.05) is 6.92 Å². The van der Waals surface area contributed by atoms with Crippen molar-refractivity contribution in [3.8, 4) is 6.07 Å². The number of rotatable bonds is 3. The summed E-state index contributed by atoms with van der Waals surface area (Å²) in [5.74, 6) is 0. The molecule has 1 aliphatic rings. The zero-order valence-electron chi connectivity index (χ0n) is 9.24. The van der Waals surface area contributed by atoms with Crippen LogP contribution in [0.2, 0.25) is 0 Å². The van der Waals surface area contributed by atoms with Gasteiger partial charge < -0.3 is 5.73 Å². The van der Waals surface area contributed by atoms with Crippen molar-refractivity contribution in [2.75, 3.05) is 6.54 Å². The Balaban J connectivity index is 2.49. The maximum absolute atomic E-state index is 8.90. The minimum Gasteiger partial charge on any atom is -0.328 e. The molecule has 0 amide bonds. The lowest BCUT2D eigenvalue weighted by Gasteiger charge is -2.36. The number of hydrogen-bond donors (Lipinski definition) is 1. The van der Waals surface area contributed by atoms with E-state index in [0.717, 1.165) is 32.2 Å². The molecule has 3 nitrogen and oxygen atoms in total. The van der Waals surface area contributed by atoms with Crippen molar-refractivity contribution in [1.82, 2.24) is 4.90 Å². The summed E-state index contributed by atoms with van der Waals surface area (Å²) in [7, 11) is 0. The van der Waals surface area contributed by atoms with E-state index in [-0.39, 0.29) is 6.04 Å². The first-order chi connectivity index (χ1) is 6.69. The summed E-state index contributed by atoms with van der Waals surface area (Å²) >= 11 is 0. The maximum Gasteiger partial charge on any atom is 0.0951 e. The molecule has 0 bridgehead atoms. The van der Waals surface area contributed by atoms with E-state index < -0.39 is 0 Å². The van der Waals surface area contributed by atoms with Crippen molar-refractivity contribution >= 4 is 0 Å². The zero-order chi connectivity index (χ0) is 10.6. The zero-order valence-corrected chi connectivity index (χ0v) is 9.24. The van der Waals surface area contributed by atoms with Crippen LogP contribution in [0.1, 0.15) is 39.5 Å². The van der Waals surface area contributed by atoms with Crippen LogP contribution in [0.15, 0.2) is 0 Å². The molecule has 0 saturated heterocycles. The highest BCUT2D eigenvalue weighted by molar-refractivity contribution is 4.92. The highest BCUT2D eigenvalue weighted by Crippen LogP contribution is 2.23. The summed E-state index contributed by atoms with van der Waals surface area (Å²) in [6, 6.07) is 3.33. The third kappa shape index (κ3) is 2.70. The smallest absolute Gasteiger partial charge is 0.0951 e. The third-order valence-corrected chi connectivity index (χ3v) is 3.26. The van der Waals surface area contributed by atoms with E-state index in [1.807, 2.05) is 6.92 Å². The van der Waals surface area contributed by atoms with Crippen LogP contribution in [0.3, 0.4) is 0 Å². The molecule has 1 rings (SSSR count). The van der Waals surface area contributed by atoms with Crippen molar-refractivity contribution in [3.63, 3.8) is 0 Å². The Morgan fingerprint density at radius 2 is 2.00 bits per heavy atom. The Bertz CT molecular complexity index is 201. The van der Waals surface area contributed by atoms with Gasteiger partial charge in [0.15, 0.2) is 0 Å². The molecule has 0 radical (unpaired) electrons. The average Bonchev–Trinajstić information content (AvgIpc) is 2.21. The number of nitriles is 1. The van der Waals surface area contributed by atoms with Gasteiger partial charge in [-0.05, 0) is 39.2 Å². The molecule has 1 atom stereocenters. The van der Waals surface area contributed by atoms with Gasteiger partial charge in [-0.2, -0.15) is 5.26 Å². The Hall–Kier alpha value is -0.590. The van der Waals surface area contributed by atoms with Crippen molar-refractivity contribution in [3.05, 3.63) is 0 Å². The van der Waals surface area contributed by atoms with Gasteiger partial charge in [0.25, 0.3) is 0 Å². The molecule has 0 heterocycles. The van der Waals surface area contributed by atoms with E-state index in [1.165, 1.54) is 0 Å². The second-order valence-corrected chi connectivity index (χ2v) is 4.20. The van der Waals surface area contributed by atoms with Crippen LogP contribution in [-0.4, -0.2) is 29.6 Å². The topological polar surface area (TPSA) is 53.0 Å². The summed E-state index contributed by atoms with van der Waals surface area (Å²) < 4.78 is 0. The summed E-state index contributed by atoms with van der Waals surface area (Å²) in [5.41, 5.74) is 5.86. The van der Waals surface area contributed by atoms with E-state index in [2.05, 4.69) is 17.9 Å². The SMILES string of the molecule is CCN(C(C)C#N)C1CCC(N)CC1. The lowest BCUT2D eigenvalue weighted by Crippen LogP contribution is -2.44. The average molecular weight is 195 g/mol. The fraction of sp³-hybridized carbons (Fsp3) is 0.909. The lowest BCUT2D eigenvalue weighted by atomic mass is 9.90. The predicted molar refractivity (Wildman–Crippen MR) is 57.7 cm³/mol. The summed E-state index contributed by atoms with van der Waals surface area (Å²) in [5, 5.41) is 8.90. The summed E-state index contributed by atoms with van der Waals surface area (Å²) in [6.45, 7) is 5.08. The van der Waals surface area contributed by atoms with Gasteiger partial charge in [0.2, 0.25) is 0 Å². The molecule has 1 saturated carbocycles. The third-order valence-electron chi connectivity index (χ3n) is 3.26. The van der Waals surface area contributed by atoms with Crippen LogP contribution in [0.5, 0.6) is 0 Å². The monoisotopic (exact) mass is 195 g/mol. The van der Waals surface area contributed by atoms with Crippen LogP contribution in [-0.2, 0) is 0 Å². The van der Waals surface area contributed by atoms with Gasteiger partial charge in [-0.15, -0.1) is 0 Å². The molecular weight excluding hydrogens is 174 g/mol. The minimum absolute atomic E-state index is 0.0410. The van der Waals surface area contributed by atoms with E-state index in [9.17, 15) is 0 Å². The molecular formula is C11H21N3. The quantitative estimate of drug-likeness (QED) is 0.742. The van der Waals surface area contributed by atoms with Gasteiger partial charge in [0, 0.05) is 12.1 Å². The Labute approximate surface area is 86.9 Å². The van der Waals surface area contributed by atoms with Gasteiger partial charge in [-0.25, -0.2) is 0 Å². The fourth-order valence-corrected chi connectivity index (χ4v) is 2.36. The van der Waals surface area contributed by atoms with Crippen LogP contribution < -0.4 is 5.73 Å². The van der Waals surface area contributed by atoms with Crippen molar-refractivity contribution in [2.24, 2.45) is 5.73 Å². The number of nitrogens with zero attached hydrogens (tertiary/aromatic N) is 2. The second-order valence-electron chi connectivity index (χ2n) is 4.20.